The van der Waals surface area contributed by atoms with Crippen LogP contribution in [0, 0.1) is 5.92 Å². The summed E-state index contributed by atoms with van der Waals surface area (Å²) in [7, 11) is 0. The maximum Gasteiger partial charge on any atom is 0.415 e. The molecule has 4 aromatic carbocycles. The lowest BCUT2D eigenvalue weighted by atomic mass is 9.80. The molecule has 4 aromatic rings. The zero-order chi connectivity index (χ0) is 26.5. The quantitative estimate of drug-likeness (QED) is 0.298. The van der Waals surface area contributed by atoms with Gasteiger partial charge in [-0.05, 0) is 71.3 Å². The molecule has 2 N–H and O–H groups in total. The monoisotopic (exact) mass is 508 g/mol. The number of piperidine rings is 1. The minimum absolute atomic E-state index is 0.146. The first-order valence-corrected chi connectivity index (χ1v) is 13.1. The Morgan fingerprint density at radius 1 is 0.947 bits per heavy atom. The molecule has 1 amide bonds. The number of nitrogens with zero attached hydrogens (tertiary/aromatic N) is 1. The molecule has 0 aliphatic carbocycles. The number of ether oxygens (including phenoxy) is 1. The van der Waals surface area contributed by atoms with Crippen LogP contribution in [0.2, 0.25) is 0 Å². The fourth-order valence-corrected chi connectivity index (χ4v) is 5.44. The van der Waals surface area contributed by atoms with Crippen LogP contribution in [0.15, 0.2) is 97.1 Å². The van der Waals surface area contributed by atoms with E-state index >= 15 is 0 Å². The van der Waals surface area contributed by atoms with Crippen LogP contribution >= 0.6 is 0 Å². The number of aromatic carboxylic acids is 1. The molecule has 6 nitrogen and oxygen atoms in total. The molecular weight excluding hydrogens is 476 g/mol. The summed E-state index contributed by atoms with van der Waals surface area (Å²) in [5.41, 5.74) is 2.70. The van der Waals surface area contributed by atoms with Crippen LogP contribution in [-0.4, -0.2) is 41.7 Å². The molecule has 1 heterocycles. The van der Waals surface area contributed by atoms with E-state index in [1.54, 1.807) is 4.90 Å². The SMILES string of the molecule is C[C@@H](NCC1CN(C(=O)Oc2ccc(C(=O)O)cc2)CCC1c1ccccc1)c1cccc2ccccc12. The Labute approximate surface area is 222 Å². The highest BCUT2D eigenvalue weighted by molar-refractivity contribution is 5.88. The summed E-state index contributed by atoms with van der Waals surface area (Å²) >= 11 is 0. The normalized spacial score (nSPS) is 18.2. The van der Waals surface area contributed by atoms with E-state index in [0.717, 1.165) is 13.0 Å². The van der Waals surface area contributed by atoms with Gasteiger partial charge in [0.05, 0.1) is 5.56 Å². The lowest BCUT2D eigenvalue weighted by Gasteiger charge is -2.39. The van der Waals surface area contributed by atoms with E-state index in [9.17, 15) is 9.59 Å². The van der Waals surface area contributed by atoms with E-state index < -0.39 is 12.1 Å². The highest BCUT2D eigenvalue weighted by Crippen LogP contribution is 2.34. The summed E-state index contributed by atoms with van der Waals surface area (Å²) in [6, 6.07) is 31.4. The molecule has 194 valence electrons. The van der Waals surface area contributed by atoms with Crippen LogP contribution in [0.25, 0.3) is 10.8 Å². The maximum absolute atomic E-state index is 13.0. The number of nitrogens with one attached hydrogen (secondary N) is 1. The number of amides is 1. The van der Waals surface area contributed by atoms with E-state index in [1.165, 1.54) is 46.2 Å². The summed E-state index contributed by atoms with van der Waals surface area (Å²) < 4.78 is 5.59. The van der Waals surface area contributed by atoms with Gasteiger partial charge in [0, 0.05) is 25.7 Å². The number of carbonyl (C=O) groups is 2. The number of carboxylic acids is 1. The van der Waals surface area contributed by atoms with Gasteiger partial charge in [0.25, 0.3) is 0 Å². The van der Waals surface area contributed by atoms with E-state index in [1.807, 2.05) is 6.07 Å². The summed E-state index contributed by atoms with van der Waals surface area (Å²) in [6.45, 7) is 4.11. The van der Waals surface area contributed by atoms with Crippen molar-refractivity contribution in [3.8, 4) is 5.75 Å². The van der Waals surface area contributed by atoms with Gasteiger partial charge in [0.2, 0.25) is 0 Å². The van der Waals surface area contributed by atoms with E-state index in [4.69, 9.17) is 9.84 Å². The molecule has 0 radical (unpaired) electrons. The Bertz CT molecular complexity index is 1400. The van der Waals surface area contributed by atoms with Crippen molar-refractivity contribution in [1.82, 2.24) is 10.2 Å². The second kappa shape index (κ2) is 11.5. The van der Waals surface area contributed by atoms with Crippen LogP contribution in [0.3, 0.4) is 0 Å². The van der Waals surface area contributed by atoms with Gasteiger partial charge in [-0.15, -0.1) is 0 Å². The van der Waals surface area contributed by atoms with Gasteiger partial charge in [-0.25, -0.2) is 9.59 Å². The summed E-state index contributed by atoms with van der Waals surface area (Å²) in [4.78, 5) is 25.9. The minimum atomic E-state index is -1.01. The van der Waals surface area contributed by atoms with Gasteiger partial charge >= 0.3 is 12.1 Å². The highest BCUT2D eigenvalue weighted by Gasteiger charge is 2.33. The second-order valence-electron chi connectivity index (χ2n) is 9.91. The highest BCUT2D eigenvalue weighted by atomic mass is 16.6. The van der Waals surface area contributed by atoms with Crippen LogP contribution in [0.1, 0.15) is 46.8 Å². The first kappa shape index (κ1) is 25.5. The molecule has 2 unspecified atom stereocenters. The van der Waals surface area contributed by atoms with Crippen molar-refractivity contribution in [3.05, 3.63) is 114 Å². The minimum Gasteiger partial charge on any atom is -0.478 e. The topological polar surface area (TPSA) is 78.9 Å². The average Bonchev–Trinajstić information content (AvgIpc) is 2.96. The molecule has 1 aliphatic heterocycles. The van der Waals surface area contributed by atoms with Crippen molar-refractivity contribution in [3.63, 3.8) is 0 Å². The van der Waals surface area contributed by atoms with Gasteiger partial charge in [0.1, 0.15) is 5.75 Å². The Kier molecular flexibility index (Phi) is 7.70. The largest absolute Gasteiger partial charge is 0.478 e. The predicted molar refractivity (Wildman–Crippen MR) is 149 cm³/mol. The summed E-state index contributed by atoms with van der Waals surface area (Å²) in [6.07, 6.45) is 0.429. The van der Waals surface area contributed by atoms with Crippen LogP contribution in [-0.2, 0) is 0 Å². The van der Waals surface area contributed by atoms with Crippen molar-refractivity contribution in [2.75, 3.05) is 19.6 Å². The van der Waals surface area contributed by atoms with Crippen LogP contribution in [0.5, 0.6) is 5.75 Å². The van der Waals surface area contributed by atoms with Crippen molar-refractivity contribution in [2.24, 2.45) is 5.92 Å². The number of rotatable bonds is 7. The number of carbonyl (C=O) groups excluding carboxylic acids is 1. The number of benzene rings is 4. The third kappa shape index (κ3) is 5.71. The fraction of sp³-hybridized carbons (Fsp3) is 0.250. The summed E-state index contributed by atoms with van der Waals surface area (Å²) in [5, 5.41) is 15.3. The molecule has 1 aliphatic rings. The molecule has 0 aromatic heterocycles. The van der Waals surface area contributed by atoms with Crippen molar-refractivity contribution in [2.45, 2.75) is 25.3 Å². The first-order chi connectivity index (χ1) is 18.5. The second-order valence-corrected chi connectivity index (χ2v) is 9.91. The number of hydrogen-bond donors (Lipinski definition) is 2. The zero-order valence-electron chi connectivity index (χ0n) is 21.4. The smallest absolute Gasteiger partial charge is 0.415 e. The van der Waals surface area contributed by atoms with Crippen molar-refractivity contribution >= 4 is 22.8 Å². The predicted octanol–water partition coefficient (Wildman–Crippen LogP) is 6.49. The first-order valence-electron chi connectivity index (χ1n) is 13.1. The number of carboxylic acid groups (broad SMARTS) is 1. The number of fused-ring (bicyclic) bond motifs is 1. The Hall–Kier alpha value is -4.16. The van der Waals surface area contributed by atoms with Crippen molar-refractivity contribution < 1.29 is 19.4 Å². The molecular formula is C32H32N2O4. The maximum atomic E-state index is 13.0. The van der Waals surface area contributed by atoms with Gasteiger partial charge < -0.3 is 20.1 Å². The molecule has 3 atom stereocenters. The third-order valence-electron chi connectivity index (χ3n) is 7.50. The van der Waals surface area contributed by atoms with Gasteiger partial charge in [0.15, 0.2) is 0 Å². The van der Waals surface area contributed by atoms with Gasteiger partial charge in [-0.3, -0.25) is 0 Å². The Morgan fingerprint density at radius 2 is 1.66 bits per heavy atom. The molecule has 1 saturated heterocycles. The zero-order valence-corrected chi connectivity index (χ0v) is 21.4. The standard InChI is InChI=1S/C32H32N2O4/c1-22(28-13-7-11-24-10-5-6-12-30(24)28)33-20-26-21-34(19-18-29(26)23-8-3-2-4-9-23)32(37)38-27-16-14-25(15-17-27)31(35)36/h2-17,22,26,29,33H,18-21H2,1H3,(H,35,36)/t22-,26?,29?/m1/s1. The Morgan fingerprint density at radius 3 is 2.42 bits per heavy atom. The molecule has 0 saturated carbocycles. The van der Waals surface area contributed by atoms with Gasteiger partial charge in [-0.1, -0.05) is 72.8 Å². The van der Waals surface area contributed by atoms with E-state index in [-0.39, 0.29) is 17.5 Å². The molecule has 5 rings (SSSR count). The molecule has 38 heavy (non-hydrogen) atoms. The average molecular weight is 509 g/mol. The van der Waals surface area contributed by atoms with Gasteiger partial charge in [-0.2, -0.15) is 0 Å². The van der Waals surface area contributed by atoms with Crippen molar-refractivity contribution in [1.29, 1.82) is 0 Å². The van der Waals surface area contributed by atoms with Crippen LogP contribution < -0.4 is 10.1 Å². The number of hydrogen-bond acceptors (Lipinski definition) is 4. The third-order valence-corrected chi connectivity index (χ3v) is 7.50. The van der Waals surface area contributed by atoms with E-state index in [2.05, 4.69) is 79.0 Å². The van der Waals surface area contributed by atoms with Crippen LogP contribution in [0.4, 0.5) is 4.79 Å². The molecule has 0 bridgehead atoms. The molecule has 1 fully saturated rings. The molecule has 0 spiro atoms. The van der Waals surface area contributed by atoms with E-state index in [0.29, 0.717) is 24.8 Å². The number of likely N-dealkylation sites (tertiary alicyclic amines) is 1. The Balaban J connectivity index is 1.30. The summed E-state index contributed by atoms with van der Waals surface area (Å²) in [5.74, 6) is -0.156. The lowest BCUT2D eigenvalue weighted by Crippen LogP contribution is -2.47. The molecule has 6 heteroatoms. The fourth-order valence-electron chi connectivity index (χ4n) is 5.44. The lowest BCUT2D eigenvalue weighted by molar-refractivity contribution is 0.0697.